The lowest BCUT2D eigenvalue weighted by Crippen LogP contribution is -2.27. The second kappa shape index (κ2) is 9.98. The van der Waals surface area contributed by atoms with Gasteiger partial charge in [-0.2, -0.15) is 0 Å². The van der Waals surface area contributed by atoms with Crippen LogP contribution >= 0.6 is 23.4 Å². The summed E-state index contributed by atoms with van der Waals surface area (Å²) >= 11 is 6.96. The first-order chi connectivity index (χ1) is 17.0. The molecule has 35 heavy (non-hydrogen) atoms. The zero-order chi connectivity index (χ0) is 24.4. The third kappa shape index (κ3) is 5.11. The van der Waals surface area contributed by atoms with E-state index in [0.29, 0.717) is 22.3 Å². The number of thioether (sulfide) groups is 1. The topological polar surface area (TPSA) is 46.6 Å². The molecule has 4 aromatic carbocycles. The summed E-state index contributed by atoms with van der Waals surface area (Å²) in [5.74, 6) is 0.348. The van der Waals surface area contributed by atoms with E-state index in [1.165, 1.54) is 4.90 Å². The Balaban J connectivity index is 1.46. The Kier molecular flexibility index (Phi) is 6.62. The summed E-state index contributed by atoms with van der Waals surface area (Å²) < 4.78 is 6.17. The van der Waals surface area contributed by atoms with E-state index >= 15 is 0 Å². The minimum absolute atomic E-state index is 0.248. The molecule has 2 amide bonds. The van der Waals surface area contributed by atoms with Gasteiger partial charge >= 0.3 is 0 Å². The highest BCUT2D eigenvalue weighted by Crippen LogP contribution is 2.37. The second-order valence-corrected chi connectivity index (χ2v) is 9.80. The molecule has 1 heterocycles. The molecule has 1 aliphatic heterocycles. The molecular weight excluding hydrogens is 478 g/mol. The normalized spacial score (nSPS) is 14.8. The summed E-state index contributed by atoms with van der Waals surface area (Å²) in [6.45, 7) is 2.60. The number of hydrogen-bond acceptors (Lipinski definition) is 4. The second-order valence-electron chi connectivity index (χ2n) is 8.37. The van der Waals surface area contributed by atoms with Gasteiger partial charge in [-0.3, -0.25) is 14.5 Å². The van der Waals surface area contributed by atoms with E-state index < -0.39 is 0 Å². The van der Waals surface area contributed by atoms with Crippen molar-refractivity contribution in [2.75, 3.05) is 0 Å². The van der Waals surface area contributed by atoms with E-state index in [1.807, 2.05) is 91.9 Å². The molecule has 0 radical (unpaired) electrons. The van der Waals surface area contributed by atoms with Gasteiger partial charge in [0.1, 0.15) is 12.4 Å². The number of carbonyl (C=O) groups is 2. The highest BCUT2D eigenvalue weighted by atomic mass is 35.5. The van der Waals surface area contributed by atoms with Gasteiger partial charge in [0.2, 0.25) is 0 Å². The number of fused-ring (bicyclic) bond motifs is 1. The van der Waals surface area contributed by atoms with E-state index in [1.54, 1.807) is 6.08 Å². The highest BCUT2D eigenvalue weighted by Gasteiger charge is 2.35. The number of carbonyl (C=O) groups excluding carboxylic acids is 2. The highest BCUT2D eigenvalue weighted by molar-refractivity contribution is 8.18. The third-order valence-electron chi connectivity index (χ3n) is 5.85. The Morgan fingerprint density at radius 1 is 0.886 bits per heavy atom. The Labute approximate surface area is 213 Å². The van der Waals surface area contributed by atoms with Gasteiger partial charge in [0, 0.05) is 10.6 Å². The predicted octanol–water partition coefficient (Wildman–Crippen LogP) is 7.62. The molecule has 0 atom stereocenters. The standard InChI is InChI=1S/C29H22ClNO3S/c1-19-6-8-20(9-7-19)17-31-28(32)27(35-29(31)33)16-25-24-5-3-2-4-22(24)12-15-26(25)34-18-21-10-13-23(30)14-11-21/h2-16H,17-18H2,1H3/b27-16+. The van der Waals surface area contributed by atoms with Crippen LogP contribution in [0.1, 0.15) is 22.3 Å². The first-order valence-electron chi connectivity index (χ1n) is 11.2. The number of rotatable bonds is 6. The van der Waals surface area contributed by atoms with Crippen molar-refractivity contribution in [3.8, 4) is 5.75 Å². The van der Waals surface area contributed by atoms with Crippen LogP contribution in [0.2, 0.25) is 5.02 Å². The van der Waals surface area contributed by atoms with Crippen molar-refractivity contribution in [2.45, 2.75) is 20.1 Å². The number of imide groups is 1. The van der Waals surface area contributed by atoms with E-state index in [2.05, 4.69) is 0 Å². The van der Waals surface area contributed by atoms with Crippen LogP contribution in [-0.2, 0) is 17.9 Å². The molecule has 1 saturated heterocycles. The summed E-state index contributed by atoms with van der Waals surface area (Å²) in [6.07, 6.45) is 1.78. The van der Waals surface area contributed by atoms with Crippen molar-refractivity contribution in [3.63, 3.8) is 0 Å². The van der Waals surface area contributed by atoms with Gasteiger partial charge in [0.25, 0.3) is 11.1 Å². The van der Waals surface area contributed by atoms with Crippen molar-refractivity contribution < 1.29 is 14.3 Å². The van der Waals surface area contributed by atoms with Crippen LogP contribution in [0, 0.1) is 6.92 Å². The number of halogens is 1. The molecule has 6 heteroatoms. The number of benzene rings is 4. The molecule has 0 aromatic heterocycles. The van der Waals surface area contributed by atoms with Crippen molar-refractivity contribution >= 4 is 51.4 Å². The fraction of sp³-hybridized carbons (Fsp3) is 0.103. The van der Waals surface area contributed by atoms with E-state index in [-0.39, 0.29) is 17.7 Å². The van der Waals surface area contributed by atoms with E-state index in [9.17, 15) is 9.59 Å². The number of amides is 2. The number of hydrogen-bond donors (Lipinski definition) is 0. The van der Waals surface area contributed by atoms with Crippen LogP contribution in [0.3, 0.4) is 0 Å². The van der Waals surface area contributed by atoms with Gasteiger partial charge in [0.15, 0.2) is 0 Å². The third-order valence-corrected chi connectivity index (χ3v) is 7.01. The minimum Gasteiger partial charge on any atom is -0.488 e. The minimum atomic E-state index is -0.294. The van der Waals surface area contributed by atoms with Crippen molar-refractivity contribution in [2.24, 2.45) is 0 Å². The first kappa shape index (κ1) is 23.2. The summed E-state index contributed by atoms with van der Waals surface area (Å²) in [5, 5.41) is 2.37. The van der Waals surface area contributed by atoms with Crippen LogP contribution in [-0.4, -0.2) is 16.0 Å². The number of ether oxygens (including phenoxy) is 1. The summed E-state index contributed by atoms with van der Waals surface area (Å²) in [4.78, 5) is 27.6. The summed E-state index contributed by atoms with van der Waals surface area (Å²) in [6, 6.07) is 27.1. The average Bonchev–Trinajstić information content (AvgIpc) is 3.13. The molecule has 1 aliphatic rings. The maximum Gasteiger partial charge on any atom is 0.293 e. The Morgan fingerprint density at radius 3 is 2.37 bits per heavy atom. The van der Waals surface area contributed by atoms with E-state index in [0.717, 1.165) is 44.8 Å². The molecule has 0 aliphatic carbocycles. The van der Waals surface area contributed by atoms with Crippen molar-refractivity contribution in [1.82, 2.24) is 4.90 Å². The fourth-order valence-electron chi connectivity index (χ4n) is 3.94. The molecule has 4 nitrogen and oxygen atoms in total. The van der Waals surface area contributed by atoms with Gasteiger partial charge in [0.05, 0.1) is 11.4 Å². The van der Waals surface area contributed by atoms with Gasteiger partial charge < -0.3 is 4.74 Å². The predicted molar refractivity (Wildman–Crippen MR) is 142 cm³/mol. The molecular formula is C29H22ClNO3S. The summed E-state index contributed by atoms with van der Waals surface area (Å²) in [5.41, 5.74) is 3.80. The molecule has 0 saturated carbocycles. The zero-order valence-corrected chi connectivity index (χ0v) is 20.6. The van der Waals surface area contributed by atoms with Gasteiger partial charge in [-0.15, -0.1) is 0 Å². The lowest BCUT2D eigenvalue weighted by molar-refractivity contribution is -0.123. The Hall–Kier alpha value is -3.54. The SMILES string of the molecule is Cc1ccc(CN2C(=O)S/C(=C/c3c(OCc4ccc(Cl)cc4)ccc4ccccc34)C2=O)cc1. The Morgan fingerprint density at radius 2 is 1.60 bits per heavy atom. The zero-order valence-electron chi connectivity index (χ0n) is 19.0. The van der Waals surface area contributed by atoms with Crippen LogP contribution in [0.25, 0.3) is 16.8 Å². The van der Waals surface area contributed by atoms with Gasteiger partial charge in [-0.25, -0.2) is 0 Å². The van der Waals surface area contributed by atoms with Crippen molar-refractivity contribution in [1.29, 1.82) is 0 Å². The number of nitrogens with zero attached hydrogens (tertiary/aromatic N) is 1. The van der Waals surface area contributed by atoms with E-state index in [4.69, 9.17) is 16.3 Å². The quantitative estimate of drug-likeness (QED) is 0.256. The summed E-state index contributed by atoms with van der Waals surface area (Å²) in [7, 11) is 0. The lowest BCUT2D eigenvalue weighted by atomic mass is 10.0. The first-order valence-corrected chi connectivity index (χ1v) is 12.4. The molecule has 0 spiro atoms. The molecule has 0 unspecified atom stereocenters. The van der Waals surface area contributed by atoms with Crippen LogP contribution in [0.4, 0.5) is 4.79 Å². The molecule has 0 N–H and O–H groups in total. The maximum absolute atomic E-state index is 13.2. The van der Waals surface area contributed by atoms with Crippen molar-refractivity contribution in [3.05, 3.63) is 117 Å². The van der Waals surface area contributed by atoms with Gasteiger partial charge in [-0.1, -0.05) is 83.9 Å². The van der Waals surface area contributed by atoms with Crippen LogP contribution in [0.5, 0.6) is 5.75 Å². The largest absolute Gasteiger partial charge is 0.488 e. The Bertz CT molecular complexity index is 1450. The number of aryl methyl sites for hydroxylation is 1. The molecule has 174 valence electrons. The fourth-order valence-corrected chi connectivity index (χ4v) is 4.88. The van der Waals surface area contributed by atoms with Crippen LogP contribution in [0.15, 0.2) is 89.8 Å². The lowest BCUT2D eigenvalue weighted by Gasteiger charge is -2.14. The smallest absolute Gasteiger partial charge is 0.293 e. The monoisotopic (exact) mass is 499 g/mol. The molecule has 4 aromatic rings. The molecule has 1 fully saturated rings. The van der Waals surface area contributed by atoms with Crippen LogP contribution < -0.4 is 4.74 Å². The molecule has 5 rings (SSSR count). The van der Waals surface area contributed by atoms with Gasteiger partial charge in [-0.05, 0) is 64.9 Å². The maximum atomic E-state index is 13.2. The average molecular weight is 500 g/mol. The molecule has 0 bridgehead atoms.